The van der Waals surface area contributed by atoms with E-state index < -0.39 is 0 Å². The lowest BCUT2D eigenvalue weighted by Crippen LogP contribution is -2.09. The molecule has 134 valence electrons. The van der Waals surface area contributed by atoms with Crippen molar-refractivity contribution in [3.05, 3.63) is 71.4 Å². The predicted molar refractivity (Wildman–Crippen MR) is 106 cm³/mol. The molecule has 2 aromatic carbocycles. The molecule has 1 heterocycles. The molecule has 5 heteroatoms. The minimum Gasteiger partial charge on any atom is -0.496 e. The number of nitrogens with zero attached hydrogens (tertiary/aromatic N) is 2. The summed E-state index contributed by atoms with van der Waals surface area (Å²) in [6, 6.07) is 16.1. The van der Waals surface area contributed by atoms with Gasteiger partial charge in [0, 0.05) is 18.4 Å². The number of rotatable bonds is 7. The number of benzene rings is 2. The molecule has 0 amide bonds. The van der Waals surface area contributed by atoms with Crippen molar-refractivity contribution in [2.24, 2.45) is 0 Å². The average molecular weight is 348 g/mol. The molecule has 0 saturated heterocycles. The number of aromatic nitrogens is 2. The molecule has 0 saturated carbocycles. The van der Waals surface area contributed by atoms with Crippen LogP contribution in [0, 0.1) is 13.8 Å². The van der Waals surface area contributed by atoms with Gasteiger partial charge in [0.1, 0.15) is 11.6 Å². The van der Waals surface area contributed by atoms with E-state index in [-0.39, 0.29) is 0 Å². The van der Waals surface area contributed by atoms with Crippen LogP contribution in [-0.2, 0) is 6.42 Å². The molecule has 2 N–H and O–H groups in total. The molecule has 0 unspecified atom stereocenters. The van der Waals surface area contributed by atoms with Crippen molar-refractivity contribution in [1.29, 1.82) is 0 Å². The normalized spacial score (nSPS) is 10.4. The van der Waals surface area contributed by atoms with Gasteiger partial charge in [0.2, 0.25) is 5.95 Å². The lowest BCUT2D eigenvalue weighted by atomic mass is 10.1. The molecule has 0 fully saturated rings. The third-order valence-electron chi connectivity index (χ3n) is 4.39. The molecule has 0 aliphatic rings. The highest BCUT2D eigenvalue weighted by Crippen LogP contribution is 2.22. The first kappa shape index (κ1) is 17.7. The highest BCUT2D eigenvalue weighted by atomic mass is 16.5. The quantitative estimate of drug-likeness (QED) is 0.658. The zero-order valence-electron chi connectivity index (χ0n) is 15.4. The monoisotopic (exact) mass is 348 g/mol. The third-order valence-corrected chi connectivity index (χ3v) is 4.39. The summed E-state index contributed by atoms with van der Waals surface area (Å²) >= 11 is 0. The van der Waals surface area contributed by atoms with Gasteiger partial charge in [0.25, 0.3) is 0 Å². The van der Waals surface area contributed by atoms with Crippen LogP contribution in [0.4, 0.5) is 17.5 Å². The second-order valence-electron chi connectivity index (χ2n) is 6.13. The van der Waals surface area contributed by atoms with Crippen LogP contribution in [0.1, 0.15) is 16.7 Å². The van der Waals surface area contributed by atoms with E-state index in [9.17, 15) is 0 Å². The Morgan fingerprint density at radius 1 is 1.00 bits per heavy atom. The van der Waals surface area contributed by atoms with Crippen LogP contribution < -0.4 is 15.4 Å². The van der Waals surface area contributed by atoms with Crippen LogP contribution in [0.5, 0.6) is 5.75 Å². The van der Waals surface area contributed by atoms with Crippen LogP contribution in [-0.4, -0.2) is 23.6 Å². The van der Waals surface area contributed by atoms with E-state index >= 15 is 0 Å². The maximum absolute atomic E-state index is 5.39. The highest BCUT2D eigenvalue weighted by Gasteiger charge is 2.05. The maximum Gasteiger partial charge on any atom is 0.224 e. The first-order chi connectivity index (χ1) is 12.7. The number of nitrogens with one attached hydrogen (secondary N) is 2. The number of aryl methyl sites for hydroxylation is 1. The minimum absolute atomic E-state index is 0.607. The summed E-state index contributed by atoms with van der Waals surface area (Å²) in [4.78, 5) is 8.85. The molecule has 0 bridgehead atoms. The van der Waals surface area contributed by atoms with Crippen LogP contribution >= 0.6 is 0 Å². The largest absolute Gasteiger partial charge is 0.496 e. The van der Waals surface area contributed by atoms with Crippen molar-refractivity contribution in [3.8, 4) is 5.75 Å². The highest BCUT2D eigenvalue weighted by molar-refractivity contribution is 5.62. The molecule has 3 aromatic rings. The number of hydrogen-bond acceptors (Lipinski definition) is 5. The van der Waals surface area contributed by atoms with Crippen LogP contribution in [0.15, 0.2) is 54.7 Å². The Kier molecular flexibility index (Phi) is 5.69. The molecule has 0 aliphatic carbocycles. The fraction of sp³-hybridized carbons (Fsp3) is 0.238. The van der Waals surface area contributed by atoms with Crippen molar-refractivity contribution in [2.75, 3.05) is 24.3 Å². The predicted octanol–water partition coefficient (Wildman–Crippen LogP) is 4.50. The first-order valence-electron chi connectivity index (χ1n) is 8.69. The number of para-hydroxylation sites is 1. The standard InChI is InChI=1S/C21H24N4O/c1-15-7-6-9-18(16(15)2)24-20-12-14-23-21(25-20)22-13-11-17-8-4-5-10-19(17)26-3/h4-10,12,14H,11,13H2,1-3H3,(H2,22,23,24,25). The average Bonchev–Trinajstić information content (AvgIpc) is 2.66. The number of methoxy groups -OCH3 is 1. The molecule has 0 spiro atoms. The fourth-order valence-electron chi connectivity index (χ4n) is 2.76. The maximum atomic E-state index is 5.39. The summed E-state index contributed by atoms with van der Waals surface area (Å²) in [6.07, 6.45) is 2.59. The van der Waals surface area contributed by atoms with Crippen molar-refractivity contribution in [2.45, 2.75) is 20.3 Å². The van der Waals surface area contributed by atoms with Crippen LogP contribution in [0.2, 0.25) is 0 Å². The van der Waals surface area contributed by atoms with Gasteiger partial charge in [-0.15, -0.1) is 0 Å². The zero-order valence-corrected chi connectivity index (χ0v) is 15.4. The van der Waals surface area contributed by atoms with Crippen LogP contribution in [0.3, 0.4) is 0 Å². The molecule has 0 radical (unpaired) electrons. The lowest BCUT2D eigenvalue weighted by molar-refractivity contribution is 0.410. The number of hydrogen-bond donors (Lipinski definition) is 2. The summed E-state index contributed by atoms with van der Waals surface area (Å²) < 4.78 is 5.39. The molecule has 1 aromatic heterocycles. The van der Waals surface area contributed by atoms with E-state index in [2.05, 4.69) is 52.6 Å². The van der Waals surface area contributed by atoms with E-state index in [0.29, 0.717) is 5.95 Å². The van der Waals surface area contributed by atoms with Gasteiger partial charge in [0.05, 0.1) is 7.11 Å². The van der Waals surface area contributed by atoms with Gasteiger partial charge in [-0.25, -0.2) is 4.98 Å². The van der Waals surface area contributed by atoms with E-state index in [4.69, 9.17) is 4.74 Å². The van der Waals surface area contributed by atoms with Gasteiger partial charge < -0.3 is 15.4 Å². The summed E-state index contributed by atoms with van der Waals surface area (Å²) in [5.41, 5.74) is 4.69. The Morgan fingerprint density at radius 2 is 1.85 bits per heavy atom. The Hall–Kier alpha value is -3.08. The topological polar surface area (TPSA) is 59.1 Å². The SMILES string of the molecule is COc1ccccc1CCNc1nccc(Nc2cccc(C)c2C)n1. The minimum atomic E-state index is 0.607. The molecular weight excluding hydrogens is 324 g/mol. The van der Waals surface area contributed by atoms with Gasteiger partial charge in [-0.1, -0.05) is 30.3 Å². The van der Waals surface area contributed by atoms with Crippen molar-refractivity contribution in [1.82, 2.24) is 9.97 Å². The summed E-state index contributed by atoms with van der Waals surface area (Å²) in [6.45, 7) is 4.93. The zero-order chi connectivity index (χ0) is 18.4. The lowest BCUT2D eigenvalue weighted by Gasteiger charge is -2.12. The van der Waals surface area contributed by atoms with Crippen molar-refractivity contribution < 1.29 is 4.74 Å². The summed E-state index contributed by atoms with van der Waals surface area (Å²) in [5.74, 6) is 2.28. The molecule has 0 aliphatic heterocycles. The fourth-order valence-corrected chi connectivity index (χ4v) is 2.76. The van der Waals surface area contributed by atoms with E-state index in [1.165, 1.54) is 11.1 Å². The Morgan fingerprint density at radius 3 is 2.69 bits per heavy atom. The molecule has 0 atom stereocenters. The van der Waals surface area contributed by atoms with Crippen molar-refractivity contribution in [3.63, 3.8) is 0 Å². The summed E-state index contributed by atoms with van der Waals surface area (Å²) in [7, 11) is 1.69. The number of anilines is 3. The van der Waals surface area contributed by atoms with Crippen molar-refractivity contribution >= 4 is 17.5 Å². The van der Waals surface area contributed by atoms with E-state index in [1.54, 1.807) is 13.3 Å². The summed E-state index contributed by atoms with van der Waals surface area (Å²) in [5, 5.41) is 6.65. The second kappa shape index (κ2) is 8.34. The Bertz CT molecular complexity index is 879. The number of ether oxygens (including phenoxy) is 1. The van der Waals surface area contributed by atoms with E-state index in [1.807, 2.05) is 30.3 Å². The first-order valence-corrected chi connectivity index (χ1v) is 8.69. The van der Waals surface area contributed by atoms with Gasteiger partial charge in [-0.2, -0.15) is 4.98 Å². The van der Waals surface area contributed by atoms with E-state index in [0.717, 1.165) is 35.8 Å². The van der Waals surface area contributed by atoms with Gasteiger partial charge >= 0.3 is 0 Å². The van der Waals surface area contributed by atoms with Crippen LogP contribution in [0.25, 0.3) is 0 Å². The van der Waals surface area contributed by atoms with Gasteiger partial charge in [0.15, 0.2) is 0 Å². The third kappa shape index (κ3) is 4.30. The second-order valence-corrected chi connectivity index (χ2v) is 6.13. The van der Waals surface area contributed by atoms with Gasteiger partial charge in [-0.3, -0.25) is 0 Å². The molecule has 3 rings (SSSR count). The molecule has 26 heavy (non-hydrogen) atoms. The molecule has 5 nitrogen and oxygen atoms in total. The van der Waals surface area contributed by atoms with Gasteiger partial charge in [-0.05, 0) is 55.2 Å². The molecular formula is C21H24N4O. The Balaban J connectivity index is 1.63. The smallest absolute Gasteiger partial charge is 0.224 e. The Labute approximate surface area is 154 Å².